The molecule has 5 nitrogen and oxygen atoms in total. The number of nitrogen functional groups attached to an aromatic ring is 1. The first-order chi connectivity index (χ1) is 9.60. The summed E-state index contributed by atoms with van der Waals surface area (Å²) in [6.07, 6.45) is 0. The Morgan fingerprint density at radius 3 is 2.33 bits per heavy atom. The van der Waals surface area contributed by atoms with Gasteiger partial charge in [-0.3, -0.25) is 0 Å². The molecule has 1 atom stereocenters. The van der Waals surface area contributed by atoms with Crippen molar-refractivity contribution in [1.82, 2.24) is 4.72 Å². The van der Waals surface area contributed by atoms with Crippen molar-refractivity contribution >= 4 is 15.7 Å². The lowest BCUT2D eigenvalue weighted by atomic mass is 9.82. The maximum absolute atomic E-state index is 11.9. The maximum Gasteiger partial charge on any atom is 0.214 e. The molecule has 0 aliphatic rings. The molecule has 3 N–H and O–H groups in total. The van der Waals surface area contributed by atoms with Gasteiger partial charge in [0.2, 0.25) is 10.0 Å². The van der Waals surface area contributed by atoms with Gasteiger partial charge in [0.25, 0.3) is 0 Å². The van der Waals surface area contributed by atoms with E-state index in [1.807, 2.05) is 6.92 Å². The number of benzene rings is 1. The van der Waals surface area contributed by atoms with E-state index in [0.29, 0.717) is 18.0 Å². The molecule has 21 heavy (non-hydrogen) atoms. The third kappa shape index (κ3) is 6.82. The number of sulfonamides is 1. The monoisotopic (exact) mass is 314 g/mol. The van der Waals surface area contributed by atoms with E-state index >= 15 is 0 Å². The van der Waals surface area contributed by atoms with Crippen molar-refractivity contribution in [3.8, 4) is 5.75 Å². The van der Waals surface area contributed by atoms with Crippen molar-refractivity contribution in [2.75, 3.05) is 24.6 Å². The van der Waals surface area contributed by atoms with Crippen LogP contribution in [0.2, 0.25) is 0 Å². The molecule has 0 aliphatic carbocycles. The molecule has 0 fully saturated rings. The molecule has 0 spiro atoms. The Bertz CT molecular complexity index is 533. The van der Waals surface area contributed by atoms with Gasteiger partial charge in [-0.15, -0.1) is 0 Å². The molecule has 1 aromatic carbocycles. The topological polar surface area (TPSA) is 81.4 Å². The molecule has 1 rings (SSSR count). The van der Waals surface area contributed by atoms with Crippen molar-refractivity contribution in [2.45, 2.75) is 27.7 Å². The summed E-state index contributed by atoms with van der Waals surface area (Å²) >= 11 is 0. The lowest BCUT2D eigenvalue weighted by Crippen LogP contribution is -2.36. The van der Waals surface area contributed by atoms with Crippen LogP contribution in [-0.4, -0.2) is 27.3 Å². The molecule has 0 heterocycles. The lowest BCUT2D eigenvalue weighted by molar-refractivity contribution is 0.262. The van der Waals surface area contributed by atoms with Gasteiger partial charge in [0.1, 0.15) is 12.4 Å². The van der Waals surface area contributed by atoms with Gasteiger partial charge in [0, 0.05) is 12.2 Å². The summed E-state index contributed by atoms with van der Waals surface area (Å²) in [6.45, 7) is 8.87. The quantitative estimate of drug-likeness (QED) is 0.756. The third-order valence-corrected chi connectivity index (χ3v) is 4.90. The fourth-order valence-electron chi connectivity index (χ4n) is 1.46. The van der Waals surface area contributed by atoms with Crippen LogP contribution in [0.15, 0.2) is 24.3 Å². The SMILES string of the molecule is CC(CNS(=O)(=O)CCOc1ccc(N)cc1)C(C)(C)C. The Morgan fingerprint density at radius 1 is 1.24 bits per heavy atom. The summed E-state index contributed by atoms with van der Waals surface area (Å²) in [5.41, 5.74) is 6.28. The van der Waals surface area contributed by atoms with E-state index in [9.17, 15) is 8.42 Å². The van der Waals surface area contributed by atoms with E-state index in [0.717, 1.165) is 0 Å². The van der Waals surface area contributed by atoms with E-state index in [1.165, 1.54) is 0 Å². The Kier molecular flexibility index (Phi) is 6.04. The third-order valence-electron chi connectivity index (χ3n) is 3.59. The van der Waals surface area contributed by atoms with Gasteiger partial charge in [-0.05, 0) is 35.6 Å². The van der Waals surface area contributed by atoms with E-state index in [2.05, 4.69) is 25.5 Å². The molecule has 120 valence electrons. The summed E-state index contributed by atoms with van der Waals surface area (Å²) in [5, 5.41) is 0. The van der Waals surface area contributed by atoms with Gasteiger partial charge in [-0.25, -0.2) is 13.1 Å². The number of ether oxygens (including phenoxy) is 1. The summed E-state index contributed by atoms with van der Waals surface area (Å²) in [5.74, 6) is 0.807. The van der Waals surface area contributed by atoms with Crippen molar-refractivity contribution in [2.24, 2.45) is 11.3 Å². The second kappa shape index (κ2) is 7.13. The van der Waals surface area contributed by atoms with Crippen LogP contribution in [0.4, 0.5) is 5.69 Å². The van der Waals surface area contributed by atoms with Crippen LogP contribution in [0.25, 0.3) is 0 Å². The predicted octanol–water partition coefficient (Wildman–Crippen LogP) is 2.25. The lowest BCUT2D eigenvalue weighted by Gasteiger charge is -2.27. The highest BCUT2D eigenvalue weighted by Crippen LogP contribution is 2.24. The minimum Gasteiger partial charge on any atom is -0.492 e. The maximum atomic E-state index is 11.9. The molecule has 0 radical (unpaired) electrons. The molecule has 6 heteroatoms. The van der Waals surface area contributed by atoms with Gasteiger partial charge in [0.05, 0.1) is 5.75 Å². The Hall–Kier alpha value is -1.27. The average Bonchev–Trinajstić information content (AvgIpc) is 2.37. The zero-order valence-electron chi connectivity index (χ0n) is 13.2. The van der Waals surface area contributed by atoms with Gasteiger partial charge in [0.15, 0.2) is 0 Å². The minimum atomic E-state index is -3.31. The highest BCUT2D eigenvalue weighted by Gasteiger charge is 2.21. The van der Waals surface area contributed by atoms with Crippen LogP contribution in [0, 0.1) is 11.3 Å². The van der Waals surface area contributed by atoms with Crippen LogP contribution in [0.3, 0.4) is 0 Å². The van der Waals surface area contributed by atoms with Crippen LogP contribution in [-0.2, 0) is 10.0 Å². The molecule has 0 amide bonds. The number of anilines is 1. The second-order valence-electron chi connectivity index (χ2n) is 6.35. The zero-order valence-corrected chi connectivity index (χ0v) is 14.0. The summed E-state index contributed by atoms with van der Waals surface area (Å²) < 4.78 is 31.8. The van der Waals surface area contributed by atoms with Crippen molar-refractivity contribution in [3.05, 3.63) is 24.3 Å². The van der Waals surface area contributed by atoms with Gasteiger partial charge < -0.3 is 10.5 Å². The van der Waals surface area contributed by atoms with Gasteiger partial charge in [-0.1, -0.05) is 27.7 Å². The summed E-state index contributed by atoms with van der Waals surface area (Å²) in [6, 6.07) is 6.87. The minimum absolute atomic E-state index is 0.0613. The molecule has 0 aromatic heterocycles. The molecule has 0 bridgehead atoms. The van der Waals surface area contributed by atoms with Crippen molar-refractivity contribution < 1.29 is 13.2 Å². The Balaban J connectivity index is 2.38. The molecular weight excluding hydrogens is 288 g/mol. The van der Waals surface area contributed by atoms with Crippen LogP contribution in [0.5, 0.6) is 5.75 Å². The summed E-state index contributed by atoms with van der Waals surface area (Å²) in [7, 11) is -3.31. The normalized spacial score (nSPS) is 13.9. The molecular formula is C15H26N2O3S. The van der Waals surface area contributed by atoms with E-state index < -0.39 is 10.0 Å². The first-order valence-corrected chi connectivity index (χ1v) is 8.71. The highest BCUT2D eigenvalue weighted by atomic mass is 32.2. The van der Waals surface area contributed by atoms with E-state index in [1.54, 1.807) is 24.3 Å². The molecule has 0 aliphatic heterocycles. The number of nitrogens with two attached hydrogens (primary N) is 1. The van der Waals surface area contributed by atoms with E-state index in [-0.39, 0.29) is 23.7 Å². The van der Waals surface area contributed by atoms with Gasteiger partial charge >= 0.3 is 0 Å². The van der Waals surface area contributed by atoms with Crippen molar-refractivity contribution in [1.29, 1.82) is 0 Å². The number of nitrogens with one attached hydrogen (secondary N) is 1. The molecule has 1 aromatic rings. The van der Waals surface area contributed by atoms with E-state index in [4.69, 9.17) is 10.5 Å². The average molecular weight is 314 g/mol. The van der Waals surface area contributed by atoms with Crippen LogP contribution < -0.4 is 15.2 Å². The fraction of sp³-hybridized carbons (Fsp3) is 0.600. The second-order valence-corrected chi connectivity index (χ2v) is 8.28. The summed E-state index contributed by atoms with van der Waals surface area (Å²) in [4.78, 5) is 0. The first kappa shape index (κ1) is 17.8. The fourth-order valence-corrected chi connectivity index (χ4v) is 2.41. The van der Waals surface area contributed by atoms with Gasteiger partial charge in [-0.2, -0.15) is 0 Å². The first-order valence-electron chi connectivity index (χ1n) is 7.06. The molecule has 1 unspecified atom stereocenters. The van der Waals surface area contributed by atoms with Crippen LogP contribution >= 0.6 is 0 Å². The number of hydrogen-bond donors (Lipinski definition) is 2. The molecule has 0 saturated carbocycles. The standard InChI is InChI=1S/C15H26N2O3S/c1-12(15(2,3)4)11-17-21(18,19)10-9-20-14-7-5-13(16)6-8-14/h5-8,12,17H,9-11,16H2,1-4H3. The Morgan fingerprint density at radius 2 is 1.81 bits per heavy atom. The smallest absolute Gasteiger partial charge is 0.214 e. The van der Waals surface area contributed by atoms with Crippen molar-refractivity contribution in [3.63, 3.8) is 0 Å². The number of rotatable bonds is 7. The predicted molar refractivity (Wildman–Crippen MR) is 86.8 cm³/mol. The Labute approximate surface area is 127 Å². The largest absolute Gasteiger partial charge is 0.492 e. The highest BCUT2D eigenvalue weighted by molar-refractivity contribution is 7.89. The zero-order chi connectivity index (χ0) is 16.1. The molecule has 0 saturated heterocycles. The number of hydrogen-bond acceptors (Lipinski definition) is 4. The van der Waals surface area contributed by atoms with Crippen LogP contribution in [0.1, 0.15) is 27.7 Å².